The molecule has 130 valence electrons. The molecule has 0 saturated carbocycles. The van der Waals surface area contributed by atoms with Crippen LogP contribution >= 0.6 is 0 Å². The van der Waals surface area contributed by atoms with Crippen LogP contribution in [0.5, 0.6) is 11.6 Å². The molecule has 1 aromatic carbocycles. The fourth-order valence-corrected chi connectivity index (χ4v) is 3.29. The molecule has 0 saturated heterocycles. The van der Waals surface area contributed by atoms with E-state index < -0.39 is 5.92 Å². The van der Waals surface area contributed by atoms with Gasteiger partial charge in [0.1, 0.15) is 5.75 Å². The Hall–Kier alpha value is -3.38. The zero-order valence-electron chi connectivity index (χ0n) is 14.9. The van der Waals surface area contributed by atoms with Crippen LogP contribution in [-0.4, -0.2) is 24.4 Å². The maximum atomic E-state index is 9.82. The summed E-state index contributed by atoms with van der Waals surface area (Å²) < 4.78 is 11.2. The highest BCUT2D eigenvalue weighted by molar-refractivity contribution is 5.93. The topological polar surface area (TPSA) is 91.3 Å². The van der Waals surface area contributed by atoms with Crippen LogP contribution in [0.3, 0.4) is 0 Å². The molecule has 2 unspecified atom stereocenters. The highest BCUT2D eigenvalue weighted by atomic mass is 16.5. The summed E-state index contributed by atoms with van der Waals surface area (Å²) in [5, 5.41) is 19.0. The molecule has 6 nitrogen and oxygen atoms in total. The van der Waals surface area contributed by atoms with Gasteiger partial charge in [-0.1, -0.05) is 6.07 Å². The Balaban J connectivity index is 2.29. The summed E-state index contributed by atoms with van der Waals surface area (Å²) in [7, 11) is 1.55. The van der Waals surface area contributed by atoms with E-state index in [4.69, 9.17) is 14.7 Å². The quantitative estimate of drug-likeness (QED) is 0.841. The molecule has 0 fully saturated rings. The van der Waals surface area contributed by atoms with Gasteiger partial charge in [-0.3, -0.25) is 4.99 Å². The maximum Gasteiger partial charge on any atom is 0.219 e. The van der Waals surface area contributed by atoms with Gasteiger partial charge in [-0.25, -0.2) is 4.98 Å². The minimum absolute atomic E-state index is 0.342. The maximum absolute atomic E-state index is 9.82. The third kappa shape index (κ3) is 2.87. The molecule has 26 heavy (non-hydrogen) atoms. The van der Waals surface area contributed by atoms with E-state index in [9.17, 15) is 5.26 Å². The fourth-order valence-electron chi connectivity index (χ4n) is 3.29. The third-order valence-corrected chi connectivity index (χ3v) is 4.44. The van der Waals surface area contributed by atoms with Crippen LogP contribution < -0.4 is 9.47 Å². The van der Waals surface area contributed by atoms with Crippen LogP contribution in [-0.2, 0) is 0 Å². The van der Waals surface area contributed by atoms with E-state index in [0.717, 1.165) is 22.5 Å². The SMILES string of the molecule is CCOc1nccc2c1C(c1ccc(C#N)cc1OC)C(C#N)C(C)=N2. The number of pyridine rings is 1. The molecule has 1 aliphatic heterocycles. The highest BCUT2D eigenvalue weighted by Crippen LogP contribution is 2.48. The van der Waals surface area contributed by atoms with E-state index in [1.165, 1.54) is 0 Å². The van der Waals surface area contributed by atoms with E-state index in [-0.39, 0.29) is 5.92 Å². The average Bonchev–Trinajstić information content (AvgIpc) is 2.66. The summed E-state index contributed by atoms with van der Waals surface area (Å²) in [5.74, 6) is 0.206. The van der Waals surface area contributed by atoms with Crippen molar-refractivity contribution in [2.45, 2.75) is 19.8 Å². The molecule has 1 aromatic heterocycles. The van der Waals surface area contributed by atoms with Crippen LogP contribution in [0, 0.1) is 28.6 Å². The van der Waals surface area contributed by atoms with Crippen molar-refractivity contribution in [2.75, 3.05) is 13.7 Å². The number of aliphatic imine (C=N–C) groups is 1. The zero-order valence-corrected chi connectivity index (χ0v) is 14.9. The number of rotatable bonds is 4. The summed E-state index contributed by atoms with van der Waals surface area (Å²) >= 11 is 0. The number of aromatic nitrogens is 1. The lowest BCUT2D eigenvalue weighted by molar-refractivity contribution is 0.320. The van der Waals surface area contributed by atoms with Crippen molar-refractivity contribution in [1.82, 2.24) is 4.98 Å². The fraction of sp³-hybridized carbons (Fsp3) is 0.300. The van der Waals surface area contributed by atoms with Gasteiger partial charge >= 0.3 is 0 Å². The van der Waals surface area contributed by atoms with Crippen LogP contribution in [0.1, 0.15) is 36.5 Å². The van der Waals surface area contributed by atoms with Crippen molar-refractivity contribution in [2.24, 2.45) is 10.9 Å². The van der Waals surface area contributed by atoms with E-state index >= 15 is 0 Å². The van der Waals surface area contributed by atoms with Crippen molar-refractivity contribution in [3.63, 3.8) is 0 Å². The molecular weight excluding hydrogens is 328 g/mol. The molecule has 2 atom stereocenters. The van der Waals surface area contributed by atoms with Crippen LogP contribution in [0.25, 0.3) is 0 Å². The Labute approximate surface area is 152 Å². The lowest BCUT2D eigenvalue weighted by Gasteiger charge is -2.30. The van der Waals surface area contributed by atoms with E-state index in [2.05, 4.69) is 22.1 Å². The molecule has 0 spiro atoms. The third-order valence-electron chi connectivity index (χ3n) is 4.44. The Morgan fingerprint density at radius 2 is 2.04 bits per heavy atom. The molecule has 1 aliphatic rings. The van der Waals surface area contributed by atoms with Gasteiger partial charge in [0, 0.05) is 29.0 Å². The van der Waals surface area contributed by atoms with Crippen molar-refractivity contribution in [3.05, 3.63) is 47.2 Å². The standard InChI is InChI=1S/C20H18N4O2/c1-4-26-20-19-16(7-8-23-20)24-12(2)15(11-22)18(19)14-6-5-13(10-21)9-17(14)25-3/h5-9,15,18H,4H2,1-3H3. The molecule has 2 heterocycles. The summed E-state index contributed by atoms with van der Waals surface area (Å²) in [6.07, 6.45) is 1.65. The van der Waals surface area contributed by atoms with Crippen molar-refractivity contribution in [3.8, 4) is 23.8 Å². The highest BCUT2D eigenvalue weighted by Gasteiger charge is 2.37. The number of nitrogens with zero attached hydrogens (tertiary/aromatic N) is 4. The van der Waals surface area contributed by atoms with Gasteiger partial charge in [-0.15, -0.1) is 0 Å². The van der Waals surface area contributed by atoms with Crippen LogP contribution in [0.4, 0.5) is 5.69 Å². The largest absolute Gasteiger partial charge is 0.496 e. The number of fused-ring (bicyclic) bond motifs is 1. The number of hydrogen-bond donors (Lipinski definition) is 0. The number of methoxy groups -OCH3 is 1. The first kappa shape index (κ1) is 17.4. The zero-order chi connectivity index (χ0) is 18.7. The van der Waals surface area contributed by atoms with Gasteiger partial charge in [-0.05, 0) is 32.0 Å². The predicted octanol–water partition coefficient (Wildman–Crippen LogP) is 3.74. The van der Waals surface area contributed by atoms with Gasteiger partial charge in [0.2, 0.25) is 5.88 Å². The summed E-state index contributed by atoms with van der Waals surface area (Å²) in [5.41, 5.74) is 3.54. The Morgan fingerprint density at radius 1 is 1.23 bits per heavy atom. The van der Waals surface area contributed by atoms with E-state index in [0.29, 0.717) is 23.8 Å². The molecule has 2 aromatic rings. The first-order valence-electron chi connectivity index (χ1n) is 8.29. The summed E-state index contributed by atoms with van der Waals surface area (Å²) in [6.45, 7) is 4.19. The van der Waals surface area contributed by atoms with E-state index in [1.807, 2.05) is 26.0 Å². The molecule has 6 heteroatoms. The molecule has 0 aliphatic carbocycles. The number of ether oxygens (including phenoxy) is 2. The van der Waals surface area contributed by atoms with Gasteiger partial charge in [0.15, 0.2) is 0 Å². The number of hydrogen-bond acceptors (Lipinski definition) is 6. The second-order valence-electron chi connectivity index (χ2n) is 5.89. The minimum Gasteiger partial charge on any atom is -0.496 e. The molecule has 0 amide bonds. The molecule has 0 N–H and O–H groups in total. The van der Waals surface area contributed by atoms with Gasteiger partial charge < -0.3 is 9.47 Å². The Morgan fingerprint density at radius 3 is 2.69 bits per heavy atom. The van der Waals surface area contributed by atoms with Gasteiger partial charge in [0.05, 0.1) is 43.0 Å². The van der Waals surface area contributed by atoms with Gasteiger partial charge in [0.25, 0.3) is 0 Å². The van der Waals surface area contributed by atoms with Crippen molar-refractivity contribution < 1.29 is 9.47 Å². The normalized spacial score (nSPS) is 18.1. The smallest absolute Gasteiger partial charge is 0.219 e. The monoisotopic (exact) mass is 346 g/mol. The van der Waals surface area contributed by atoms with Crippen molar-refractivity contribution in [1.29, 1.82) is 10.5 Å². The predicted molar refractivity (Wildman–Crippen MR) is 96.8 cm³/mol. The Kier molecular flexibility index (Phi) is 4.86. The summed E-state index contributed by atoms with van der Waals surface area (Å²) in [6, 6.07) is 11.5. The number of nitriles is 2. The van der Waals surface area contributed by atoms with Crippen molar-refractivity contribution >= 4 is 11.4 Å². The van der Waals surface area contributed by atoms with Crippen LogP contribution in [0.15, 0.2) is 35.5 Å². The lowest BCUT2D eigenvalue weighted by atomic mass is 9.76. The Bertz CT molecular complexity index is 953. The summed E-state index contributed by atoms with van der Waals surface area (Å²) in [4.78, 5) is 8.93. The lowest BCUT2D eigenvalue weighted by Crippen LogP contribution is -2.25. The second-order valence-corrected chi connectivity index (χ2v) is 5.89. The first-order valence-corrected chi connectivity index (χ1v) is 8.29. The molecular formula is C20H18N4O2. The molecule has 0 bridgehead atoms. The number of benzene rings is 1. The minimum atomic E-state index is -0.479. The molecule has 3 rings (SSSR count). The molecule has 0 radical (unpaired) electrons. The van der Waals surface area contributed by atoms with Crippen LogP contribution in [0.2, 0.25) is 0 Å². The van der Waals surface area contributed by atoms with E-state index in [1.54, 1.807) is 25.4 Å². The average molecular weight is 346 g/mol. The van der Waals surface area contributed by atoms with Gasteiger partial charge in [-0.2, -0.15) is 10.5 Å². The first-order chi connectivity index (χ1) is 12.6. The second kappa shape index (κ2) is 7.25.